The van der Waals surface area contributed by atoms with Crippen LogP contribution in [0, 0.1) is 12.3 Å². The van der Waals surface area contributed by atoms with Crippen LogP contribution in [0.3, 0.4) is 0 Å². The van der Waals surface area contributed by atoms with Gasteiger partial charge in [-0.25, -0.2) is 4.98 Å². The molecular weight excluding hydrogens is 551 g/mol. The SMILES string of the molecule is C#CCOc1c(Br)cc(C=Nn2c(-c3cccc(C(F)(F)F)c3)nc3ccccc3c2=O)cc1OCC. The van der Waals surface area contributed by atoms with Crippen LogP contribution in [-0.2, 0) is 6.18 Å². The van der Waals surface area contributed by atoms with Crippen molar-refractivity contribution in [2.75, 3.05) is 13.2 Å². The summed E-state index contributed by atoms with van der Waals surface area (Å²) in [5.74, 6) is 3.16. The largest absolute Gasteiger partial charge is 0.490 e. The minimum atomic E-state index is -4.56. The maximum atomic E-state index is 13.4. The number of benzene rings is 3. The van der Waals surface area contributed by atoms with Crippen molar-refractivity contribution >= 4 is 33.0 Å². The van der Waals surface area contributed by atoms with Crippen molar-refractivity contribution in [2.24, 2.45) is 5.10 Å². The number of ether oxygens (including phenoxy) is 2. The Hall–Kier alpha value is -4.10. The van der Waals surface area contributed by atoms with Gasteiger partial charge in [-0.1, -0.05) is 30.2 Å². The van der Waals surface area contributed by atoms with Crippen LogP contribution in [0.4, 0.5) is 13.2 Å². The molecule has 0 atom stereocenters. The molecule has 0 bridgehead atoms. The van der Waals surface area contributed by atoms with E-state index in [2.05, 4.69) is 31.9 Å². The van der Waals surface area contributed by atoms with Crippen molar-refractivity contribution in [1.29, 1.82) is 0 Å². The van der Waals surface area contributed by atoms with E-state index in [0.717, 1.165) is 16.8 Å². The summed E-state index contributed by atoms with van der Waals surface area (Å²) in [4.78, 5) is 17.8. The van der Waals surface area contributed by atoms with E-state index < -0.39 is 17.3 Å². The van der Waals surface area contributed by atoms with Gasteiger partial charge in [-0.15, -0.1) is 6.42 Å². The molecule has 0 unspecified atom stereocenters. The van der Waals surface area contributed by atoms with Gasteiger partial charge >= 0.3 is 6.18 Å². The Morgan fingerprint density at radius 3 is 2.65 bits per heavy atom. The fourth-order valence-corrected chi connectivity index (χ4v) is 4.13. The summed E-state index contributed by atoms with van der Waals surface area (Å²) in [5, 5.41) is 4.58. The standard InChI is InChI=1S/C27H19BrF3N3O3/c1-3-12-37-24-21(28)13-17(14-23(24)36-4-2)16-32-34-25(18-8-7-9-19(15-18)27(29,30)31)33-22-11-6-5-10-20(22)26(34)35/h1,5-11,13-16H,4,12H2,2H3. The van der Waals surface area contributed by atoms with Gasteiger partial charge < -0.3 is 9.47 Å². The molecular formula is C27H19BrF3N3O3. The third-order valence-electron chi connectivity index (χ3n) is 5.16. The molecule has 0 saturated carbocycles. The third-order valence-corrected chi connectivity index (χ3v) is 5.74. The van der Waals surface area contributed by atoms with E-state index in [1.165, 1.54) is 18.3 Å². The summed E-state index contributed by atoms with van der Waals surface area (Å²) in [7, 11) is 0. The monoisotopic (exact) mass is 569 g/mol. The van der Waals surface area contributed by atoms with Crippen LogP contribution in [0.5, 0.6) is 11.5 Å². The number of halogens is 4. The van der Waals surface area contributed by atoms with Crippen molar-refractivity contribution in [3.05, 3.63) is 86.6 Å². The molecule has 0 N–H and O–H groups in total. The van der Waals surface area contributed by atoms with Gasteiger partial charge in [0.2, 0.25) is 0 Å². The van der Waals surface area contributed by atoms with E-state index in [9.17, 15) is 18.0 Å². The highest BCUT2D eigenvalue weighted by Crippen LogP contribution is 2.37. The number of rotatable bonds is 7. The zero-order valence-electron chi connectivity index (χ0n) is 19.4. The summed E-state index contributed by atoms with van der Waals surface area (Å²) < 4.78 is 52.9. The predicted octanol–water partition coefficient (Wildman–Crippen LogP) is 6.14. The molecule has 0 fully saturated rings. The third kappa shape index (κ3) is 5.67. The van der Waals surface area contributed by atoms with Gasteiger partial charge in [-0.2, -0.15) is 22.9 Å². The molecule has 4 aromatic rings. The zero-order chi connectivity index (χ0) is 26.6. The lowest BCUT2D eigenvalue weighted by Crippen LogP contribution is -2.20. The first-order valence-corrected chi connectivity index (χ1v) is 11.8. The average Bonchev–Trinajstić information content (AvgIpc) is 2.87. The lowest BCUT2D eigenvalue weighted by atomic mass is 10.1. The predicted molar refractivity (Wildman–Crippen MR) is 139 cm³/mol. The summed E-state index contributed by atoms with van der Waals surface area (Å²) >= 11 is 3.43. The summed E-state index contributed by atoms with van der Waals surface area (Å²) in [6.45, 7) is 2.19. The number of fused-ring (bicyclic) bond motifs is 1. The molecule has 1 aromatic heterocycles. The topological polar surface area (TPSA) is 65.7 Å². The molecule has 0 amide bonds. The van der Waals surface area contributed by atoms with Gasteiger partial charge in [0, 0.05) is 5.56 Å². The van der Waals surface area contributed by atoms with E-state index in [1.807, 2.05) is 0 Å². The number of hydrogen-bond acceptors (Lipinski definition) is 5. The zero-order valence-corrected chi connectivity index (χ0v) is 21.0. The van der Waals surface area contributed by atoms with Crippen LogP contribution in [0.15, 0.2) is 75.0 Å². The van der Waals surface area contributed by atoms with Crippen molar-refractivity contribution in [2.45, 2.75) is 13.1 Å². The Morgan fingerprint density at radius 1 is 1.14 bits per heavy atom. The van der Waals surface area contributed by atoms with Crippen LogP contribution < -0.4 is 15.0 Å². The summed E-state index contributed by atoms with van der Waals surface area (Å²) in [6.07, 6.45) is 2.11. The molecule has 6 nitrogen and oxygen atoms in total. The fraction of sp³-hybridized carbons (Fsp3) is 0.148. The highest BCUT2D eigenvalue weighted by molar-refractivity contribution is 9.10. The number of nitrogens with zero attached hydrogens (tertiary/aromatic N) is 3. The maximum absolute atomic E-state index is 13.4. The average molecular weight is 570 g/mol. The number of alkyl halides is 3. The molecule has 0 spiro atoms. The normalized spacial score (nSPS) is 11.6. The first-order chi connectivity index (χ1) is 17.7. The second-order valence-corrected chi connectivity index (χ2v) is 8.50. The van der Waals surface area contributed by atoms with Gasteiger partial charge in [0.25, 0.3) is 5.56 Å². The number of terminal acetylenes is 1. The van der Waals surface area contributed by atoms with Crippen molar-refractivity contribution in [3.63, 3.8) is 0 Å². The van der Waals surface area contributed by atoms with Gasteiger partial charge in [-0.3, -0.25) is 4.79 Å². The quantitative estimate of drug-likeness (QED) is 0.198. The fourth-order valence-electron chi connectivity index (χ4n) is 3.56. The minimum Gasteiger partial charge on any atom is -0.490 e. The molecule has 3 aromatic carbocycles. The van der Waals surface area contributed by atoms with E-state index in [0.29, 0.717) is 33.7 Å². The Kier molecular flexibility index (Phi) is 7.64. The highest BCUT2D eigenvalue weighted by Gasteiger charge is 2.31. The molecule has 1 heterocycles. The van der Waals surface area contributed by atoms with Gasteiger partial charge in [-0.05, 0) is 64.8 Å². The molecule has 10 heteroatoms. The molecule has 0 radical (unpaired) electrons. The second-order valence-electron chi connectivity index (χ2n) is 7.65. The summed E-state index contributed by atoms with van der Waals surface area (Å²) in [5.41, 5.74) is -0.451. The number of aromatic nitrogens is 2. The Bertz CT molecular complexity index is 1590. The van der Waals surface area contributed by atoms with Crippen LogP contribution in [0.2, 0.25) is 0 Å². The van der Waals surface area contributed by atoms with E-state index in [-0.39, 0.29) is 23.4 Å². The number of hydrogen-bond donors (Lipinski definition) is 0. The van der Waals surface area contributed by atoms with E-state index in [1.54, 1.807) is 43.3 Å². The van der Waals surface area contributed by atoms with E-state index >= 15 is 0 Å². The lowest BCUT2D eigenvalue weighted by molar-refractivity contribution is -0.137. The maximum Gasteiger partial charge on any atom is 0.416 e. The van der Waals surface area contributed by atoms with Gasteiger partial charge in [0.15, 0.2) is 17.3 Å². The molecule has 37 heavy (non-hydrogen) atoms. The van der Waals surface area contributed by atoms with Crippen molar-refractivity contribution in [1.82, 2.24) is 9.66 Å². The van der Waals surface area contributed by atoms with E-state index in [4.69, 9.17) is 15.9 Å². The molecule has 0 aliphatic heterocycles. The molecule has 188 valence electrons. The van der Waals surface area contributed by atoms with Crippen LogP contribution in [-0.4, -0.2) is 29.1 Å². The Morgan fingerprint density at radius 2 is 1.92 bits per heavy atom. The van der Waals surface area contributed by atoms with Crippen molar-refractivity contribution < 1.29 is 22.6 Å². The Balaban J connectivity index is 1.87. The molecule has 0 saturated heterocycles. The molecule has 0 aliphatic carbocycles. The molecule has 4 rings (SSSR count). The smallest absolute Gasteiger partial charge is 0.416 e. The van der Waals surface area contributed by atoms with Gasteiger partial charge in [0.05, 0.1) is 33.8 Å². The number of para-hydroxylation sites is 1. The lowest BCUT2D eigenvalue weighted by Gasteiger charge is -2.13. The second kappa shape index (κ2) is 10.9. The van der Waals surface area contributed by atoms with Crippen molar-refractivity contribution in [3.8, 4) is 35.2 Å². The first-order valence-electron chi connectivity index (χ1n) is 11.0. The minimum absolute atomic E-state index is 0.0324. The Labute approximate surface area is 218 Å². The summed E-state index contributed by atoms with van der Waals surface area (Å²) in [6, 6.07) is 14.5. The molecule has 0 aliphatic rings. The van der Waals surface area contributed by atoms with Crippen LogP contribution in [0.1, 0.15) is 18.1 Å². The van der Waals surface area contributed by atoms with Crippen LogP contribution in [0.25, 0.3) is 22.3 Å². The van der Waals surface area contributed by atoms with Crippen LogP contribution >= 0.6 is 15.9 Å². The highest BCUT2D eigenvalue weighted by atomic mass is 79.9. The van der Waals surface area contributed by atoms with Gasteiger partial charge in [0.1, 0.15) is 6.61 Å². The first kappa shape index (κ1) is 26.0.